The molecule has 6 heteroatoms. The van der Waals surface area contributed by atoms with Gasteiger partial charge in [0.2, 0.25) is 0 Å². The predicted octanol–water partition coefficient (Wildman–Crippen LogP) is 4.01. The van der Waals surface area contributed by atoms with Crippen LogP contribution in [0.3, 0.4) is 0 Å². The van der Waals surface area contributed by atoms with Crippen LogP contribution in [-0.4, -0.2) is 19.9 Å². The van der Waals surface area contributed by atoms with Crippen molar-refractivity contribution < 1.29 is 4.42 Å². The molecule has 0 spiro atoms. The summed E-state index contributed by atoms with van der Waals surface area (Å²) in [5.74, 6) is 1.62. The van der Waals surface area contributed by atoms with Crippen molar-refractivity contribution in [3.63, 3.8) is 0 Å². The van der Waals surface area contributed by atoms with E-state index in [1.165, 1.54) is 0 Å². The number of hydrogen-bond acceptors (Lipinski definition) is 6. The van der Waals surface area contributed by atoms with Gasteiger partial charge in [0.05, 0.1) is 5.35 Å². The number of aromatic nitrogens is 4. The number of nitrogen functional groups attached to an aromatic ring is 1. The summed E-state index contributed by atoms with van der Waals surface area (Å²) in [4.78, 5) is 18.2. The fourth-order valence-electron chi connectivity index (χ4n) is 3.35. The number of benzene rings is 1. The van der Waals surface area contributed by atoms with E-state index in [-0.39, 0.29) is 7.43 Å². The highest BCUT2D eigenvalue weighted by Crippen LogP contribution is 2.20. The lowest BCUT2D eigenvalue weighted by molar-refractivity contribution is 0.561. The Morgan fingerprint density at radius 3 is 2.57 bits per heavy atom. The van der Waals surface area contributed by atoms with E-state index >= 15 is 0 Å². The Morgan fingerprint density at radius 2 is 1.87 bits per heavy atom. The van der Waals surface area contributed by atoms with Gasteiger partial charge in [-0.05, 0) is 61.2 Å². The largest absolute Gasteiger partial charge is 0.441 e. The fourth-order valence-corrected chi connectivity index (χ4v) is 3.35. The average molecular weight is 402 g/mol. The van der Waals surface area contributed by atoms with E-state index < -0.39 is 0 Å². The van der Waals surface area contributed by atoms with Crippen LogP contribution in [-0.2, 0) is 0 Å². The van der Waals surface area contributed by atoms with Crippen molar-refractivity contribution in [1.29, 1.82) is 0 Å². The molecule has 0 saturated carbocycles. The van der Waals surface area contributed by atoms with Gasteiger partial charge in [0.25, 0.3) is 0 Å². The number of aryl methyl sites for hydroxylation is 1. The third-order valence-corrected chi connectivity index (χ3v) is 5.07. The maximum atomic E-state index is 6.46. The summed E-state index contributed by atoms with van der Waals surface area (Å²) in [6, 6.07) is 11.6. The first-order valence-electron chi connectivity index (χ1n) is 9.61. The van der Waals surface area contributed by atoms with Crippen LogP contribution in [0.5, 0.6) is 0 Å². The Labute approximate surface area is 176 Å². The number of fused-ring (bicyclic) bond motifs is 1. The third-order valence-electron chi connectivity index (χ3n) is 5.07. The third kappa shape index (κ3) is 3.81. The van der Waals surface area contributed by atoms with Crippen molar-refractivity contribution in [3.05, 3.63) is 64.6 Å². The first kappa shape index (κ1) is 21.2. The molecule has 4 aromatic rings. The molecular formula is C24H27N5O. The van der Waals surface area contributed by atoms with Crippen LogP contribution in [0.4, 0.5) is 5.82 Å². The highest BCUT2D eigenvalue weighted by Gasteiger charge is 2.11. The van der Waals surface area contributed by atoms with Gasteiger partial charge in [-0.15, -0.1) is 0 Å². The van der Waals surface area contributed by atoms with E-state index in [1.807, 2.05) is 50.2 Å². The highest BCUT2D eigenvalue weighted by molar-refractivity contribution is 5.79. The first-order chi connectivity index (χ1) is 14.0. The summed E-state index contributed by atoms with van der Waals surface area (Å²) in [6.07, 6.45) is 2.59. The molecule has 4 rings (SSSR count). The standard InChI is InChI=1S/C23H23N5O.CH4/c1-5-13(2)21-20(22(24)28-23(27-21)17-8-6-7-11-25-17)14(3)16-9-10-19-18(12-16)26-15(4)29-19;/h6-12H,5H2,1-4H3,(H2,24,27,28);1H4/b20-14-,21-13-;. The van der Waals surface area contributed by atoms with Crippen LogP contribution >= 0.6 is 0 Å². The van der Waals surface area contributed by atoms with Crippen molar-refractivity contribution in [1.82, 2.24) is 19.9 Å². The van der Waals surface area contributed by atoms with Gasteiger partial charge in [-0.25, -0.2) is 15.0 Å². The Hall–Kier alpha value is -3.54. The average Bonchev–Trinajstić information content (AvgIpc) is 3.11. The Balaban J connectivity index is 0.00000256. The van der Waals surface area contributed by atoms with Crippen molar-refractivity contribution in [2.75, 3.05) is 5.73 Å². The topological polar surface area (TPSA) is 90.7 Å². The number of nitrogens with two attached hydrogens (primary N) is 1. The number of oxazole rings is 1. The monoisotopic (exact) mass is 401 g/mol. The molecule has 0 amide bonds. The summed E-state index contributed by atoms with van der Waals surface area (Å²) in [5.41, 5.74) is 11.9. The summed E-state index contributed by atoms with van der Waals surface area (Å²) in [7, 11) is 0. The second-order valence-corrected chi connectivity index (χ2v) is 7.05. The Bertz CT molecular complexity index is 1320. The smallest absolute Gasteiger partial charge is 0.192 e. The summed E-state index contributed by atoms with van der Waals surface area (Å²) < 4.78 is 5.60. The van der Waals surface area contributed by atoms with Gasteiger partial charge in [-0.2, -0.15) is 0 Å². The molecule has 0 aliphatic carbocycles. The zero-order valence-electron chi connectivity index (χ0n) is 17.0. The maximum absolute atomic E-state index is 6.46. The molecule has 3 heterocycles. The van der Waals surface area contributed by atoms with Gasteiger partial charge in [-0.1, -0.05) is 26.5 Å². The molecule has 0 bridgehead atoms. The van der Waals surface area contributed by atoms with E-state index in [9.17, 15) is 0 Å². The van der Waals surface area contributed by atoms with Gasteiger partial charge in [0, 0.05) is 18.3 Å². The second-order valence-electron chi connectivity index (χ2n) is 7.05. The van der Waals surface area contributed by atoms with Crippen LogP contribution in [0.15, 0.2) is 47.0 Å². The van der Waals surface area contributed by atoms with Crippen LogP contribution in [0.1, 0.15) is 46.1 Å². The zero-order valence-corrected chi connectivity index (χ0v) is 17.0. The zero-order chi connectivity index (χ0) is 20.5. The first-order valence-corrected chi connectivity index (χ1v) is 9.61. The van der Waals surface area contributed by atoms with Crippen molar-refractivity contribution in [2.24, 2.45) is 0 Å². The molecule has 0 atom stereocenters. The molecular weight excluding hydrogens is 374 g/mol. The fraction of sp³-hybridized carbons (Fsp3) is 0.250. The number of anilines is 1. The number of pyridine rings is 1. The SMILES string of the molecule is C.CC/C(C)=c1\nc(-c2ccccn2)nc(N)\c1=C(\C)c1ccc2oc(C)nc2c1. The van der Waals surface area contributed by atoms with E-state index in [4.69, 9.17) is 15.1 Å². The Morgan fingerprint density at radius 1 is 1.07 bits per heavy atom. The van der Waals surface area contributed by atoms with E-state index in [0.29, 0.717) is 23.2 Å². The predicted molar refractivity (Wildman–Crippen MR) is 122 cm³/mol. The van der Waals surface area contributed by atoms with Crippen molar-refractivity contribution >= 4 is 28.1 Å². The lowest BCUT2D eigenvalue weighted by atomic mass is 10.0. The number of rotatable bonds is 3. The highest BCUT2D eigenvalue weighted by atomic mass is 16.3. The molecule has 154 valence electrons. The minimum atomic E-state index is 0. The molecule has 0 fully saturated rings. The van der Waals surface area contributed by atoms with Gasteiger partial charge in [0.15, 0.2) is 17.3 Å². The second kappa shape index (κ2) is 8.45. The molecule has 1 aromatic carbocycles. The molecule has 3 aromatic heterocycles. The minimum absolute atomic E-state index is 0. The molecule has 2 N–H and O–H groups in total. The van der Waals surface area contributed by atoms with E-state index in [0.717, 1.165) is 44.8 Å². The molecule has 0 unspecified atom stereocenters. The van der Waals surface area contributed by atoms with E-state index in [2.05, 4.69) is 28.8 Å². The van der Waals surface area contributed by atoms with Gasteiger partial charge < -0.3 is 10.2 Å². The molecule has 0 aliphatic heterocycles. The maximum Gasteiger partial charge on any atom is 0.192 e. The van der Waals surface area contributed by atoms with Crippen LogP contribution in [0.25, 0.3) is 33.8 Å². The van der Waals surface area contributed by atoms with E-state index in [1.54, 1.807) is 6.20 Å². The van der Waals surface area contributed by atoms with Gasteiger partial charge in [-0.3, -0.25) is 4.98 Å². The quantitative estimate of drug-likeness (QED) is 0.558. The number of nitrogens with zero attached hydrogens (tertiary/aromatic N) is 4. The summed E-state index contributed by atoms with van der Waals surface area (Å²) in [6.45, 7) is 8.06. The Kier molecular flexibility index (Phi) is 5.96. The van der Waals surface area contributed by atoms with Gasteiger partial charge >= 0.3 is 0 Å². The molecule has 30 heavy (non-hydrogen) atoms. The lowest BCUT2D eigenvalue weighted by Gasteiger charge is -2.08. The van der Waals surface area contributed by atoms with Crippen molar-refractivity contribution in [3.8, 4) is 11.5 Å². The van der Waals surface area contributed by atoms with Crippen LogP contribution < -0.4 is 16.3 Å². The normalized spacial score (nSPS) is 13.1. The lowest BCUT2D eigenvalue weighted by Crippen LogP contribution is -2.36. The minimum Gasteiger partial charge on any atom is -0.441 e. The summed E-state index contributed by atoms with van der Waals surface area (Å²) in [5, 5.41) is 1.71. The molecule has 0 radical (unpaired) electrons. The molecule has 0 aliphatic rings. The summed E-state index contributed by atoms with van der Waals surface area (Å²) >= 11 is 0. The number of hydrogen-bond donors (Lipinski definition) is 1. The van der Waals surface area contributed by atoms with Crippen LogP contribution in [0, 0.1) is 6.92 Å². The molecule has 6 nitrogen and oxygen atoms in total. The van der Waals surface area contributed by atoms with Gasteiger partial charge in [0.1, 0.15) is 17.0 Å². The van der Waals surface area contributed by atoms with Crippen LogP contribution in [0.2, 0.25) is 0 Å². The van der Waals surface area contributed by atoms with Crippen molar-refractivity contribution in [2.45, 2.75) is 41.5 Å². The molecule has 0 saturated heterocycles.